The molecule has 0 unspecified atom stereocenters. The van der Waals surface area contributed by atoms with Crippen molar-refractivity contribution >= 4 is 17.4 Å². The molecular formula is C23H22FN3OS. The minimum Gasteiger partial charge on any atom is -0.497 e. The molecule has 0 amide bonds. The lowest BCUT2D eigenvalue weighted by atomic mass is 10.1. The van der Waals surface area contributed by atoms with E-state index in [0.29, 0.717) is 0 Å². The van der Waals surface area contributed by atoms with Crippen molar-refractivity contribution in [3.8, 4) is 28.3 Å². The lowest BCUT2D eigenvalue weighted by Gasteiger charge is -2.09. The second-order valence-corrected chi connectivity index (χ2v) is 7.83. The number of benzene rings is 2. The Hall–Kier alpha value is -2.86. The normalized spacial score (nSPS) is 11.1. The lowest BCUT2D eigenvalue weighted by molar-refractivity contribution is 0.415. The Morgan fingerprint density at radius 2 is 1.72 bits per heavy atom. The van der Waals surface area contributed by atoms with Crippen LogP contribution >= 0.6 is 11.8 Å². The highest BCUT2D eigenvalue weighted by atomic mass is 32.2. The molecular weight excluding hydrogens is 385 g/mol. The highest BCUT2D eigenvalue weighted by molar-refractivity contribution is 7.99. The summed E-state index contributed by atoms with van der Waals surface area (Å²) in [5.41, 5.74) is 4.36. The third kappa shape index (κ3) is 4.27. The van der Waals surface area contributed by atoms with E-state index in [1.807, 2.05) is 40.9 Å². The van der Waals surface area contributed by atoms with Crippen molar-refractivity contribution in [1.29, 1.82) is 0 Å². The Morgan fingerprint density at radius 3 is 2.41 bits per heavy atom. The number of unbranched alkanes of at least 4 members (excludes halogenated alkanes) is 1. The topological polar surface area (TPSA) is 39.4 Å². The van der Waals surface area contributed by atoms with Crippen molar-refractivity contribution in [1.82, 2.24) is 14.6 Å². The van der Waals surface area contributed by atoms with Crippen LogP contribution < -0.4 is 4.74 Å². The van der Waals surface area contributed by atoms with E-state index in [-0.39, 0.29) is 5.82 Å². The summed E-state index contributed by atoms with van der Waals surface area (Å²) in [5, 5.41) is 5.69. The van der Waals surface area contributed by atoms with Gasteiger partial charge >= 0.3 is 0 Å². The second-order valence-electron chi connectivity index (χ2n) is 6.72. The summed E-state index contributed by atoms with van der Waals surface area (Å²) in [7, 11) is 1.65. The summed E-state index contributed by atoms with van der Waals surface area (Å²) < 4.78 is 20.6. The van der Waals surface area contributed by atoms with E-state index in [1.54, 1.807) is 31.0 Å². The van der Waals surface area contributed by atoms with Crippen LogP contribution in [0.15, 0.2) is 65.7 Å². The average Bonchev–Trinajstić information content (AvgIpc) is 3.17. The monoisotopic (exact) mass is 407 g/mol. The third-order valence-corrected chi connectivity index (χ3v) is 5.67. The summed E-state index contributed by atoms with van der Waals surface area (Å²) in [6.45, 7) is 2.18. The number of halogens is 1. The predicted octanol–water partition coefficient (Wildman–Crippen LogP) is 6.10. The van der Waals surface area contributed by atoms with Crippen molar-refractivity contribution in [2.45, 2.75) is 24.8 Å². The maximum Gasteiger partial charge on any atom is 0.157 e. The van der Waals surface area contributed by atoms with E-state index in [0.717, 1.165) is 57.5 Å². The minimum atomic E-state index is -0.259. The number of nitrogens with zero attached hydrogens (tertiary/aromatic N) is 3. The Labute approximate surface area is 173 Å². The average molecular weight is 408 g/mol. The molecule has 0 aliphatic carbocycles. The van der Waals surface area contributed by atoms with Gasteiger partial charge in [0, 0.05) is 17.2 Å². The predicted molar refractivity (Wildman–Crippen MR) is 116 cm³/mol. The van der Waals surface area contributed by atoms with E-state index in [2.05, 4.69) is 6.92 Å². The molecule has 0 radical (unpaired) electrons. The first-order valence-electron chi connectivity index (χ1n) is 9.62. The van der Waals surface area contributed by atoms with Gasteiger partial charge in [0.15, 0.2) is 5.65 Å². The zero-order valence-electron chi connectivity index (χ0n) is 16.4. The van der Waals surface area contributed by atoms with Crippen LogP contribution in [-0.2, 0) is 0 Å². The summed E-state index contributed by atoms with van der Waals surface area (Å²) in [4.78, 5) is 4.83. The number of fused-ring (bicyclic) bond motifs is 1. The number of hydrogen-bond donors (Lipinski definition) is 0. The molecule has 0 spiro atoms. The van der Waals surface area contributed by atoms with E-state index in [1.165, 1.54) is 12.1 Å². The van der Waals surface area contributed by atoms with Crippen LogP contribution in [0, 0.1) is 5.82 Å². The van der Waals surface area contributed by atoms with Gasteiger partial charge in [-0.1, -0.05) is 13.3 Å². The standard InChI is InChI=1S/C23H22FN3OS/c1-3-4-13-29-23-15-22-25-20(16-7-11-19(28-2)12-8-16)14-21(27(22)26-23)17-5-9-18(24)10-6-17/h5-12,14-15H,3-4,13H2,1-2H3. The van der Waals surface area contributed by atoms with Gasteiger partial charge in [-0.05, 0) is 66.8 Å². The molecule has 0 saturated carbocycles. The summed E-state index contributed by atoms with van der Waals surface area (Å²) in [6.07, 6.45) is 2.30. The smallest absolute Gasteiger partial charge is 0.157 e. The van der Waals surface area contributed by atoms with Crippen molar-refractivity contribution in [3.63, 3.8) is 0 Å². The van der Waals surface area contributed by atoms with Crippen molar-refractivity contribution in [3.05, 3.63) is 66.5 Å². The first-order valence-corrected chi connectivity index (χ1v) is 10.6. The van der Waals surface area contributed by atoms with Crippen LogP contribution in [0.2, 0.25) is 0 Å². The van der Waals surface area contributed by atoms with Gasteiger partial charge in [-0.25, -0.2) is 13.9 Å². The van der Waals surface area contributed by atoms with Crippen molar-refractivity contribution in [2.24, 2.45) is 0 Å². The lowest BCUT2D eigenvalue weighted by Crippen LogP contribution is -1.98. The molecule has 2 aromatic heterocycles. The van der Waals surface area contributed by atoms with Crippen molar-refractivity contribution in [2.75, 3.05) is 12.9 Å². The van der Waals surface area contributed by atoms with Gasteiger partial charge in [0.1, 0.15) is 16.6 Å². The fourth-order valence-corrected chi connectivity index (χ4v) is 4.05. The van der Waals surface area contributed by atoms with Gasteiger partial charge in [0.05, 0.1) is 18.5 Å². The Kier molecular flexibility index (Phi) is 5.81. The second kappa shape index (κ2) is 8.66. The number of ether oxygens (including phenoxy) is 1. The first kappa shape index (κ1) is 19.5. The largest absolute Gasteiger partial charge is 0.497 e. The van der Waals surface area contributed by atoms with Crippen LogP contribution in [0.5, 0.6) is 5.75 Å². The van der Waals surface area contributed by atoms with E-state index in [4.69, 9.17) is 14.8 Å². The molecule has 0 aliphatic rings. The van der Waals surface area contributed by atoms with Gasteiger partial charge in [-0.15, -0.1) is 11.8 Å². The van der Waals surface area contributed by atoms with E-state index in [9.17, 15) is 4.39 Å². The maximum absolute atomic E-state index is 13.5. The molecule has 0 N–H and O–H groups in total. The van der Waals surface area contributed by atoms with Crippen LogP contribution in [0.4, 0.5) is 4.39 Å². The molecule has 4 nitrogen and oxygen atoms in total. The maximum atomic E-state index is 13.5. The van der Waals surface area contributed by atoms with E-state index >= 15 is 0 Å². The molecule has 148 valence electrons. The SMILES string of the molecule is CCCCSc1cc2nc(-c3ccc(OC)cc3)cc(-c3ccc(F)cc3)n2n1. The summed E-state index contributed by atoms with van der Waals surface area (Å²) >= 11 is 1.74. The molecule has 0 bridgehead atoms. The zero-order valence-corrected chi connectivity index (χ0v) is 17.2. The number of aromatic nitrogens is 3. The number of rotatable bonds is 7. The van der Waals surface area contributed by atoms with Gasteiger partial charge in [0.25, 0.3) is 0 Å². The van der Waals surface area contributed by atoms with Crippen molar-refractivity contribution < 1.29 is 9.13 Å². The quantitative estimate of drug-likeness (QED) is 0.274. The Morgan fingerprint density at radius 1 is 1.00 bits per heavy atom. The van der Waals surface area contributed by atoms with Gasteiger partial charge in [-0.2, -0.15) is 5.10 Å². The molecule has 29 heavy (non-hydrogen) atoms. The molecule has 2 heterocycles. The number of thioether (sulfide) groups is 1. The third-order valence-electron chi connectivity index (χ3n) is 4.68. The Balaban J connectivity index is 1.82. The fraction of sp³-hybridized carbons (Fsp3) is 0.217. The number of methoxy groups -OCH3 is 1. The minimum absolute atomic E-state index is 0.259. The van der Waals surface area contributed by atoms with Gasteiger partial charge in [0.2, 0.25) is 0 Å². The van der Waals surface area contributed by atoms with Gasteiger partial charge in [-0.3, -0.25) is 0 Å². The number of hydrogen-bond acceptors (Lipinski definition) is 4. The molecule has 0 saturated heterocycles. The molecule has 0 atom stereocenters. The van der Waals surface area contributed by atoms with Gasteiger partial charge < -0.3 is 4.74 Å². The molecule has 0 aliphatic heterocycles. The summed E-state index contributed by atoms with van der Waals surface area (Å²) in [5.74, 6) is 1.57. The molecule has 2 aromatic carbocycles. The molecule has 6 heteroatoms. The van der Waals surface area contributed by atoms with E-state index < -0.39 is 0 Å². The fourth-order valence-electron chi connectivity index (χ4n) is 3.08. The Bertz CT molecular complexity index is 1110. The summed E-state index contributed by atoms with van der Waals surface area (Å²) in [6, 6.07) is 18.3. The molecule has 4 rings (SSSR count). The molecule has 0 fully saturated rings. The van der Waals surface area contributed by atoms with Crippen LogP contribution in [0.1, 0.15) is 19.8 Å². The zero-order chi connectivity index (χ0) is 20.2. The van der Waals surface area contributed by atoms with Crippen LogP contribution in [-0.4, -0.2) is 27.5 Å². The first-order chi connectivity index (χ1) is 14.2. The highest BCUT2D eigenvalue weighted by Gasteiger charge is 2.13. The van der Waals surface area contributed by atoms with Crippen LogP contribution in [0.25, 0.3) is 28.2 Å². The highest BCUT2D eigenvalue weighted by Crippen LogP contribution is 2.29. The molecule has 4 aromatic rings. The van der Waals surface area contributed by atoms with Crippen LogP contribution in [0.3, 0.4) is 0 Å².